The standard InChI is InChI=1S/C130H122N4/c1-129(2,3)121-49-29-25-47-115(121)127-113-73-69-106(132(108-72-76-126-118(84-108)112-46-28-32-52-124(112)134(126)104-43-23-12-24-44-104)110-81-101(97-65-57-93(58-66-97)89-37-17-9-18-38-89)78-102(82-110)98-67-59-94(60-68-98)90-39-19-10-20-40-90)86-120(113)128(116-48-26-30-50-122(116)130(4,5)6)114-74-70-105(85-119(114)127)131(107-71-75-125-117(83-107)111-45-27-31-51-123(111)133(125)103-41-21-11-22-42-103)109-79-99(95-61-53-91(54-62-95)87-33-13-7-14-34-87)77-100(80-109)96-63-55-92(56-64-96)88-35-15-8-16-36-88/h11-12,21-32,41-90H,7-10,13-20,33-40H2,1-6H3. The van der Waals surface area contributed by atoms with Crippen LogP contribution < -0.4 is 9.80 Å². The highest BCUT2D eigenvalue weighted by Crippen LogP contribution is 2.55. The predicted octanol–water partition coefficient (Wildman–Crippen LogP) is 37.9. The second-order valence-electron chi connectivity index (χ2n) is 41.6. The third-order valence-corrected chi connectivity index (χ3v) is 31.1. The highest BCUT2D eigenvalue weighted by atomic mass is 15.2. The van der Waals surface area contributed by atoms with Gasteiger partial charge in [-0.2, -0.15) is 0 Å². The van der Waals surface area contributed by atoms with Gasteiger partial charge in [-0.05, 0) is 341 Å². The van der Waals surface area contributed by atoms with Crippen LogP contribution in [0.15, 0.2) is 364 Å². The van der Waals surface area contributed by atoms with Gasteiger partial charge in [-0.15, -0.1) is 0 Å². The van der Waals surface area contributed by atoms with Gasteiger partial charge >= 0.3 is 0 Å². The summed E-state index contributed by atoms with van der Waals surface area (Å²) < 4.78 is 4.92. The summed E-state index contributed by atoms with van der Waals surface area (Å²) >= 11 is 0. The van der Waals surface area contributed by atoms with E-state index in [1.54, 1.807) is 0 Å². The van der Waals surface area contributed by atoms with Crippen molar-refractivity contribution in [2.75, 3.05) is 9.80 Å². The van der Waals surface area contributed by atoms with Gasteiger partial charge < -0.3 is 18.9 Å². The molecular weight excluding hydrogens is 1620 g/mol. The fourth-order valence-electron chi connectivity index (χ4n) is 24.3. The molecule has 23 rings (SSSR count). The Hall–Kier alpha value is -13.5. The lowest BCUT2D eigenvalue weighted by molar-refractivity contribution is 0.443. The average molecular weight is 1740 g/mol. The van der Waals surface area contributed by atoms with Gasteiger partial charge in [0.1, 0.15) is 0 Å². The van der Waals surface area contributed by atoms with Crippen molar-refractivity contribution in [2.45, 2.75) is 204 Å². The summed E-state index contributed by atoms with van der Waals surface area (Å²) in [4.78, 5) is 5.24. The van der Waals surface area contributed by atoms with E-state index >= 15 is 0 Å². The van der Waals surface area contributed by atoms with Crippen LogP contribution in [0.4, 0.5) is 34.1 Å². The number of hydrogen-bond acceptors (Lipinski definition) is 2. The molecule has 19 aromatic rings. The number of rotatable bonds is 18. The molecule has 17 aromatic carbocycles. The molecular formula is C130H122N4. The normalized spacial score (nSPS) is 15.3. The highest BCUT2D eigenvalue weighted by Gasteiger charge is 2.32. The Morgan fingerprint density at radius 2 is 0.470 bits per heavy atom. The molecule has 0 bridgehead atoms. The van der Waals surface area contributed by atoms with Crippen LogP contribution in [0.3, 0.4) is 0 Å². The minimum absolute atomic E-state index is 0.251. The van der Waals surface area contributed by atoms with Crippen LogP contribution in [-0.2, 0) is 10.8 Å². The van der Waals surface area contributed by atoms with Gasteiger partial charge in [0.25, 0.3) is 0 Å². The Labute approximate surface area is 792 Å². The maximum Gasteiger partial charge on any atom is 0.0542 e. The fraction of sp³-hybridized carbons (Fsp3) is 0.246. The molecule has 4 aliphatic carbocycles. The molecule has 2 aromatic heterocycles. The van der Waals surface area contributed by atoms with E-state index in [0.717, 1.165) is 45.5 Å². The summed E-state index contributed by atoms with van der Waals surface area (Å²) in [6, 6.07) is 143. The largest absolute Gasteiger partial charge is 0.310 e. The van der Waals surface area contributed by atoms with Gasteiger partial charge in [-0.1, -0.05) is 349 Å². The van der Waals surface area contributed by atoms with Gasteiger partial charge in [0, 0.05) is 67.0 Å². The summed E-state index contributed by atoms with van der Waals surface area (Å²) in [7, 11) is 0. The third kappa shape index (κ3) is 16.1. The molecule has 0 amide bonds. The molecule has 0 spiro atoms. The lowest BCUT2D eigenvalue weighted by Crippen LogP contribution is -2.14. The highest BCUT2D eigenvalue weighted by molar-refractivity contribution is 6.24. The first kappa shape index (κ1) is 84.7. The molecule has 134 heavy (non-hydrogen) atoms. The molecule has 0 radical (unpaired) electrons. The fourth-order valence-corrected chi connectivity index (χ4v) is 24.3. The van der Waals surface area contributed by atoms with E-state index in [1.807, 2.05) is 0 Å². The molecule has 662 valence electrons. The second-order valence-corrected chi connectivity index (χ2v) is 41.6. The van der Waals surface area contributed by atoms with E-state index in [1.165, 1.54) is 294 Å². The maximum atomic E-state index is 2.62. The van der Waals surface area contributed by atoms with E-state index < -0.39 is 0 Å². The van der Waals surface area contributed by atoms with Gasteiger partial charge in [-0.25, -0.2) is 0 Å². The van der Waals surface area contributed by atoms with Crippen molar-refractivity contribution in [1.82, 2.24) is 9.13 Å². The van der Waals surface area contributed by atoms with Gasteiger partial charge in [0.2, 0.25) is 0 Å². The van der Waals surface area contributed by atoms with Crippen LogP contribution in [0.1, 0.15) is 227 Å². The molecule has 0 N–H and O–H groups in total. The van der Waals surface area contributed by atoms with Crippen LogP contribution in [0.25, 0.3) is 143 Å². The first-order valence-electron chi connectivity index (χ1n) is 50.4. The van der Waals surface area contributed by atoms with E-state index in [2.05, 4.69) is 424 Å². The van der Waals surface area contributed by atoms with Crippen molar-refractivity contribution in [3.63, 3.8) is 0 Å². The first-order valence-corrected chi connectivity index (χ1v) is 50.4. The van der Waals surface area contributed by atoms with Crippen LogP contribution in [0, 0.1) is 0 Å². The molecule has 0 aliphatic heterocycles. The quantitative estimate of drug-likeness (QED) is 0.0796. The Bertz CT molecular complexity index is 6940. The molecule has 4 fully saturated rings. The van der Waals surface area contributed by atoms with Gasteiger partial charge in [0.15, 0.2) is 0 Å². The number of para-hydroxylation sites is 4. The van der Waals surface area contributed by atoms with E-state index in [9.17, 15) is 0 Å². The zero-order valence-electron chi connectivity index (χ0n) is 78.9. The Morgan fingerprint density at radius 3 is 0.784 bits per heavy atom. The second kappa shape index (κ2) is 35.8. The Morgan fingerprint density at radius 1 is 0.201 bits per heavy atom. The van der Waals surface area contributed by atoms with Crippen LogP contribution in [0.5, 0.6) is 0 Å². The monoisotopic (exact) mass is 1740 g/mol. The van der Waals surface area contributed by atoms with Crippen molar-refractivity contribution in [1.29, 1.82) is 0 Å². The molecule has 4 nitrogen and oxygen atoms in total. The van der Waals surface area contributed by atoms with Crippen molar-refractivity contribution in [3.8, 4) is 78.1 Å². The first-order chi connectivity index (χ1) is 65.7. The summed E-state index contributed by atoms with van der Waals surface area (Å²) in [5.41, 5.74) is 36.0. The van der Waals surface area contributed by atoms with Crippen LogP contribution >= 0.6 is 0 Å². The molecule has 0 unspecified atom stereocenters. The lowest BCUT2D eigenvalue weighted by Gasteiger charge is -2.31. The number of anilines is 6. The van der Waals surface area contributed by atoms with Crippen molar-refractivity contribution in [2.24, 2.45) is 0 Å². The number of fused-ring (bicyclic) bond motifs is 8. The number of hydrogen-bond donors (Lipinski definition) is 0. The topological polar surface area (TPSA) is 16.3 Å². The number of benzene rings is 17. The van der Waals surface area contributed by atoms with Crippen molar-refractivity contribution >= 4 is 99.3 Å². The maximum absolute atomic E-state index is 2.62. The predicted molar refractivity (Wildman–Crippen MR) is 573 cm³/mol. The van der Waals surface area contributed by atoms with E-state index in [-0.39, 0.29) is 10.8 Å². The van der Waals surface area contributed by atoms with Crippen LogP contribution in [-0.4, -0.2) is 9.13 Å². The van der Waals surface area contributed by atoms with Gasteiger partial charge in [0.05, 0.1) is 22.1 Å². The molecule has 0 saturated heterocycles. The molecule has 4 heteroatoms. The minimum Gasteiger partial charge on any atom is -0.310 e. The average Bonchev–Trinajstić information content (AvgIpc) is 0.888. The SMILES string of the molecule is CC(C)(C)c1ccccc1-c1c2ccc(N(c3cc(-c4ccc(C5CCCCC5)cc4)cc(-c4ccc(C5CCCCC5)cc4)c3)c3ccc4c(c3)c3ccccc3n4-c3ccccc3)cc2c(-c2ccccc2C(C)(C)C)c2ccc(N(c3cc(-c4ccc(C5CCCCC5)cc4)cc(-c4ccc(C5CCCCC5)cc4)c3)c3ccc4c(c3)c3ccccc3n4-c3ccccc3)cc12. The third-order valence-electron chi connectivity index (χ3n) is 31.1. The van der Waals surface area contributed by atoms with E-state index in [4.69, 9.17) is 0 Å². The Balaban J connectivity index is 0.799. The zero-order valence-corrected chi connectivity index (χ0v) is 78.9. The smallest absolute Gasteiger partial charge is 0.0542 e. The van der Waals surface area contributed by atoms with Crippen molar-refractivity contribution < 1.29 is 0 Å². The number of nitrogens with zero attached hydrogens (tertiary/aromatic N) is 4. The summed E-state index contributed by atoms with van der Waals surface area (Å²) in [6.07, 6.45) is 25.9. The summed E-state index contributed by atoms with van der Waals surface area (Å²) in [5.74, 6) is 2.40. The zero-order chi connectivity index (χ0) is 90.1. The lowest BCUT2D eigenvalue weighted by atomic mass is 9.76. The summed E-state index contributed by atoms with van der Waals surface area (Å²) in [6.45, 7) is 14.4. The minimum atomic E-state index is -0.251. The molecule has 4 saturated carbocycles. The number of aromatic nitrogens is 2. The van der Waals surface area contributed by atoms with Crippen molar-refractivity contribution in [3.05, 3.63) is 397 Å². The summed E-state index contributed by atoms with van der Waals surface area (Å²) in [5, 5.41) is 9.60. The molecule has 4 aliphatic rings. The van der Waals surface area contributed by atoms with E-state index in [0.29, 0.717) is 23.7 Å². The Kier molecular flexibility index (Phi) is 22.6. The molecule has 2 heterocycles. The van der Waals surface area contributed by atoms with Crippen LogP contribution in [0.2, 0.25) is 0 Å². The molecule has 0 atom stereocenters. The van der Waals surface area contributed by atoms with Gasteiger partial charge in [-0.3, -0.25) is 0 Å².